The maximum atomic E-state index is 6.06. The minimum absolute atomic E-state index is 0.700. The summed E-state index contributed by atoms with van der Waals surface area (Å²) in [4.78, 5) is 4.80. The van der Waals surface area contributed by atoms with Gasteiger partial charge in [-0.15, -0.1) is 0 Å². The summed E-state index contributed by atoms with van der Waals surface area (Å²) < 4.78 is 7.90. The minimum atomic E-state index is 0.700. The molecule has 0 fully saturated rings. The van der Waals surface area contributed by atoms with Gasteiger partial charge in [0.15, 0.2) is 5.82 Å². The number of benzene rings is 3. The number of rotatable bonds is 10. The highest BCUT2D eigenvalue weighted by molar-refractivity contribution is 6.30. The first-order valence-electron chi connectivity index (χ1n) is 11.4. The van der Waals surface area contributed by atoms with E-state index < -0.39 is 0 Å². The van der Waals surface area contributed by atoms with Gasteiger partial charge in [0.2, 0.25) is 0 Å². The number of aliphatic imine (C=N–C) groups is 1. The summed E-state index contributed by atoms with van der Waals surface area (Å²) in [5, 5.41) is 5.52. The van der Waals surface area contributed by atoms with Crippen molar-refractivity contribution in [3.63, 3.8) is 0 Å². The first kappa shape index (κ1) is 22.8. The molecule has 168 valence electrons. The Kier molecular flexibility index (Phi) is 7.94. The van der Waals surface area contributed by atoms with Crippen LogP contribution in [0.25, 0.3) is 16.9 Å². The van der Waals surface area contributed by atoms with Crippen LogP contribution in [0.3, 0.4) is 0 Å². The van der Waals surface area contributed by atoms with Crippen molar-refractivity contribution < 1.29 is 4.74 Å². The molecule has 1 aromatic heterocycles. The number of nitrogens with zero attached hydrogens (tertiary/aromatic N) is 3. The second kappa shape index (κ2) is 11.5. The number of halogens is 1. The summed E-state index contributed by atoms with van der Waals surface area (Å²) in [5.74, 6) is 1.59. The van der Waals surface area contributed by atoms with Crippen LogP contribution in [0, 0.1) is 0 Å². The van der Waals surface area contributed by atoms with Crippen molar-refractivity contribution in [1.29, 1.82) is 0 Å². The van der Waals surface area contributed by atoms with Crippen molar-refractivity contribution in [2.75, 3.05) is 6.61 Å². The number of unbranched alkanes of at least 4 members (excludes halogenated alkanes) is 3. The molecular weight excluding hydrogens is 430 g/mol. The topological polar surface area (TPSA) is 39.4 Å². The molecule has 0 aliphatic carbocycles. The average Bonchev–Trinajstić information content (AvgIpc) is 3.28. The second-order valence-corrected chi connectivity index (χ2v) is 8.28. The summed E-state index contributed by atoms with van der Waals surface area (Å²) in [6.45, 7) is 2.93. The van der Waals surface area contributed by atoms with E-state index in [-0.39, 0.29) is 0 Å². The third-order valence-corrected chi connectivity index (χ3v) is 5.59. The largest absolute Gasteiger partial charge is 0.493 e. The van der Waals surface area contributed by atoms with Crippen LogP contribution in [0.2, 0.25) is 5.02 Å². The number of ether oxygens (including phenoxy) is 1. The monoisotopic (exact) mass is 457 g/mol. The number of aromatic nitrogens is 2. The standard InChI is InChI=1S/C28H28ClN3O/c1-2-3-4-10-19-33-27-14-9-8-11-23(27)21-30-28-20-26(22-15-17-24(29)18-16-22)31-32(28)25-12-6-5-7-13-25/h5-9,11-18,20-21H,2-4,10,19H2,1H3. The van der Waals surface area contributed by atoms with Gasteiger partial charge in [0.25, 0.3) is 0 Å². The van der Waals surface area contributed by atoms with Crippen molar-refractivity contribution in [2.45, 2.75) is 32.6 Å². The van der Waals surface area contributed by atoms with E-state index >= 15 is 0 Å². The van der Waals surface area contributed by atoms with Crippen LogP contribution < -0.4 is 4.74 Å². The third kappa shape index (κ3) is 6.11. The molecule has 0 N–H and O–H groups in total. The molecule has 4 aromatic rings. The molecule has 1 heterocycles. The van der Waals surface area contributed by atoms with Gasteiger partial charge in [0.05, 0.1) is 18.0 Å². The molecule has 0 spiro atoms. The van der Waals surface area contributed by atoms with Gasteiger partial charge in [0.1, 0.15) is 5.75 Å². The molecule has 0 radical (unpaired) electrons. The molecule has 4 nitrogen and oxygen atoms in total. The normalized spacial score (nSPS) is 11.2. The van der Waals surface area contributed by atoms with Gasteiger partial charge in [-0.05, 0) is 42.8 Å². The predicted octanol–water partition coefficient (Wildman–Crippen LogP) is 7.90. The van der Waals surface area contributed by atoms with Gasteiger partial charge in [-0.3, -0.25) is 0 Å². The Morgan fingerprint density at radius 3 is 2.45 bits per heavy atom. The van der Waals surface area contributed by atoms with E-state index in [1.807, 2.05) is 95.8 Å². The maximum Gasteiger partial charge on any atom is 0.156 e. The summed E-state index contributed by atoms with van der Waals surface area (Å²) >= 11 is 6.06. The zero-order valence-electron chi connectivity index (χ0n) is 18.8. The molecule has 0 aliphatic rings. The molecule has 4 rings (SSSR count). The molecule has 33 heavy (non-hydrogen) atoms. The summed E-state index contributed by atoms with van der Waals surface area (Å²) in [5.41, 5.74) is 3.72. The van der Waals surface area contributed by atoms with Crippen LogP contribution >= 0.6 is 11.6 Å². The summed E-state index contributed by atoms with van der Waals surface area (Å²) in [6, 6.07) is 27.7. The van der Waals surface area contributed by atoms with Crippen molar-refractivity contribution in [2.24, 2.45) is 4.99 Å². The Labute approximate surface area is 200 Å². The van der Waals surface area contributed by atoms with Crippen LogP contribution in [0.1, 0.15) is 38.2 Å². The lowest BCUT2D eigenvalue weighted by molar-refractivity contribution is 0.304. The van der Waals surface area contributed by atoms with Crippen molar-refractivity contribution in [1.82, 2.24) is 9.78 Å². The van der Waals surface area contributed by atoms with Gasteiger partial charge < -0.3 is 4.74 Å². The number of hydrogen-bond acceptors (Lipinski definition) is 3. The Morgan fingerprint density at radius 2 is 1.67 bits per heavy atom. The molecule has 0 bridgehead atoms. The van der Waals surface area contributed by atoms with E-state index in [0.717, 1.165) is 40.5 Å². The molecule has 0 saturated carbocycles. The van der Waals surface area contributed by atoms with E-state index in [1.54, 1.807) is 0 Å². The lowest BCUT2D eigenvalue weighted by Gasteiger charge is -2.09. The molecule has 0 amide bonds. The van der Waals surface area contributed by atoms with Gasteiger partial charge in [-0.25, -0.2) is 9.67 Å². The van der Waals surface area contributed by atoms with Gasteiger partial charge in [0, 0.05) is 28.4 Å². The highest BCUT2D eigenvalue weighted by Crippen LogP contribution is 2.28. The smallest absolute Gasteiger partial charge is 0.156 e. The maximum absolute atomic E-state index is 6.06. The van der Waals surface area contributed by atoms with E-state index in [9.17, 15) is 0 Å². The van der Waals surface area contributed by atoms with E-state index in [1.165, 1.54) is 19.3 Å². The molecule has 0 atom stereocenters. The minimum Gasteiger partial charge on any atom is -0.493 e. The Bertz CT molecular complexity index is 1180. The molecule has 0 saturated heterocycles. The first-order chi connectivity index (χ1) is 16.2. The van der Waals surface area contributed by atoms with E-state index in [0.29, 0.717) is 11.6 Å². The molecule has 0 unspecified atom stereocenters. The fourth-order valence-corrected chi connectivity index (χ4v) is 3.68. The fraction of sp³-hybridized carbons (Fsp3) is 0.214. The van der Waals surface area contributed by atoms with E-state index in [2.05, 4.69) is 6.92 Å². The molecule has 3 aromatic carbocycles. The van der Waals surface area contributed by atoms with Gasteiger partial charge >= 0.3 is 0 Å². The Morgan fingerprint density at radius 1 is 0.909 bits per heavy atom. The highest BCUT2D eigenvalue weighted by atomic mass is 35.5. The second-order valence-electron chi connectivity index (χ2n) is 7.85. The quantitative estimate of drug-likeness (QED) is 0.179. The predicted molar refractivity (Wildman–Crippen MR) is 137 cm³/mol. The SMILES string of the molecule is CCCCCCOc1ccccc1C=Nc1cc(-c2ccc(Cl)cc2)nn1-c1ccccc1. The Hall–Kier alpha value is -3.37. The summed E-state index contributed by atoms with van der Waals surface area (Å²) in [6.07, 6.45) is 6.56. The van der Waals surface area contributed by atoms with Crippen LogP contribution in [0.5, 0.6) is 5.75 Å². The highest BCUT2D eigenvalue weighted by Gasteiger charge is 2.11. The van der Waals surface area contributed by atoms with Crippen LogP contribution in [-0.2, 0) is 0 Å². The van der Waals surface area contributed by atoms with Crippen LogP contribution in [0.4, 0.5) is 5.82 Å². The zero-order chi connectivity index (χ0) is 22.9. The number of para-hydroxylation sites is 2. The van der Waals surface area contributed by atoms with Crippen LogP contribution in [0.15, 0.2) is 89.9 Å². The van der Waals surface area contributed by atoms with Crippen molar-refractivity contribution >= 4 is 23.6 Å². The molecule has 0 aliphatic heterocycles. The third-order valence-electron chi connectivity index (χ3n) is 5.34. The number of hydrogen-bond donors (Lipinski definition) is 0. The van der Waals surface area contributed by atoms with Crippen molar-refractivity contribution in [3.05, 3.63) is 95.5 Å². The lowest BCUT2D eigenvalue weighted by Crippen LogP contribution is -2.00. The summed E-state index contributed by atoms with van der Waals surface area (Å²) in [7, 11) is 0. The van der Waals surface area contributed by atoms with Gasteiger partial charge in [-0.2, -0.15) is 5.10 Å². The van der Waals surface area contributed by atoms with Crippen LogP contribution in [-0.4, -0.2) is 22.6 Å². The van der Waals surface area contributed by atoms with Gasteiger partial charge in [-0.1, -0.05) is 80.3 Å². The first-order valence-corrected chi connectivity index (χ1v) is 11.8. The molecular formula is C28H28ClN3O. The van der Waals surface area contributed by atoms with Crippen molar-refractivity contribution in [3.8, 4) is 22.7 Å². The van der Waals surface area contributed by atoms with E-state index in [4.69, 9.17) is 26.4 Å². The Balaban J connectivity index is 1.62. The lowest BCUT2D eigenvalue weighted by atomic mass is 10.1. The molecule has 5 heteroatoms. The zero-order valence-corrected chi connectivity index (χ0v) is 19.6. The fourth-order valence-electron chi connectivity index (χ4n) is 3.55. The average molecular weight is 458 g/mol.